The minimum atomic E-state index is 0.0734. The maximum Gasteiger partial charge on any atom is 0.222 e. The van der Waals surface area contributed by atoms with E-state index in [9.17, 15) is 4.79 Å². The van der Waals surface area contributed by atoms with Crippen molar-refractivity contribution in [3.05, 3.63) is 70.2 Å². The molecule has 0 aliphatic rings. The fourth-order valence-corrected chi connectivity index (χ4v) is 2.35. The lowest BCUT2D eigenvalue weighted by Gasteiger charge is -2.18. The molecule has 0 bridgehead atoms. The van der Waals surface area contributed by atoms with E-state index in [1.54, 1.807) is 24.1 Å². The number of benzene rings is 2. The summed E-state index contributed by atoms with van der Waals surface area (Å²) in [5, 5.41) is 9.44. The monoisotopic (exact) mass is 312 g/mol. The first kappa shape index (κ1) is 16.1. The van der Waals surface area contributed by atoms with Crippen molar-refractivity contribution in [2.45, 2.75) is 19.4 Å². The lowest BCUT2D eigenvalue weighted by molar-refractivity contribution is -0.130. The van der Waals surface area contributed by atoms with E-state index < -0.39 is 0 Å². The number of carbonyl (C=O) groups excluding carboxylic acids is 1. The second kappa shape index (κ2) is 7.63. The smallest absolute Gasteiger partial charge is 0.222 e. The van der Waals surface area contributed by atoms with E-state index in [0.29, 0.717) is 30.0 Å². The Morgan fingerprint density at radius 1 is 1.18 bits per heavy atom. The molecule has 0 aromatic heterocycles. The number of rotatable bonds is 5. The van der Waals surface area contributed by atoms with Crippen molar-refractivity contribution in [3.63, 3.8) is 0 Å². The molecule has 3 nitrogen and oxygen atoms in total. The molecule has 0 N–H and O–H groups in total. The number of carbonyl (C=O) groups is 1. The Morgan fingerprint density at radius 2 is 1.86 bits per heavy atom. The van der Waals surface area contributed by atoms with Crippen LogP contribution in [0.3, 0.4) is 0 Å². The zero-order valence-electron chi connectivity index (χ0n) is 12.4. The molecule has 0 heterocycles. The van der Waals surface area contributed by atoms with Crippen LogP contribution in [0, 0.1) is 11.3 Å². The molecule has 112 valence electrons. The van der Waals surface area contributed by atoms with E-state index >= 15 is 0 Å². The third kappa shape index (κ3) is 4.34. The molecule has 2 aromatic carbocycles. The number of halogens is 1. The van der Waals surface area contributed by atoms with Gasteiger partial charge in [0.05, 0.1) is 11.6 Å². The van der Waals surface area contributed by atoms with Gasteiger partial charge in [-0.15, -0.1) is 0 Å². The van der Waals surface area contributed by atoms with Gasteiger partial charge in [0.25, 0.3) is 0 Å². The number of nitriles is 1. The Morgan fingerprint density at radius 3 is 2.50 bits per heavy atom. The molecule has 0 aliphatic heterocycles. The van der Waals surface area contributed by atoms with E-state index in [1.807, 2.05) is 36.4 Å². The zero-order valence-corrected chi connectivity index (χ0v) is 13.2. The molecular formula is C18H17ClN2O. The summed E-state index contributed by atoms with van der Waals surface area (Å²) in [6.45, 7) is 0.506. The third-order valence-corrected chi connectivity index (χ3v) is 3.87. The van der Waals surface area contributed by atoms with Crippen LogP contribution in [-0.2, 0) is 17.8 Å². The molecule has 0 saturated heterocycles. The Kier molecular flexibility index (Phi) is 5.57. The number of aryl methyl sites for hydroxylation is 1. The van der Waals surface area contributed by atoms with E-state index in [0.717, 1.165) is 11.1 Å². The second-order valence-electron chi connectivity index (χ2n) is 5.15. The summed E-state index contributed by atoms with van der Waals surface area (Å²) in [4.78, 5) is 13.9. The van der Waals surface area contributed by atoms with E-state index in [2.05, 4.69) is 6.07 Å². The minimum absolute atomic E-state index is 0.0734. The molecule has 0 radical (unpaired) electrons. The first-order valence-corrected chi connectivity index (χ1v) is 7.44. The highest BCUT2D eigenvalue weighted by Gasteiger charge is 2.11. The highest BCUT2D eigenvalue weighted by Crippen LogP contribution is 2.17. The quantitative estimate of drug-likeness (QED) is 0.842. The summed E-state index contributed by atoms with van der Waals surface area (Å²) in [5.41, 5.74) is 2.63. The van der Waals surface area contributed by atoms with Gasteiger partial charge in [0, 0.05) is 25.0 Å². The van der Waals surface area contributed by atoms with Crippen LogP contribution in [0.1, 0.15) is 23.1 Å². The normalized spacial score (nSPS) is 10.0. The van der Waals surface area contributed by atoms with E-state index in [4.69, 9.17) is 16.9 Å². The Labute approximate surface area is 135 Å². The van der Waals surface area contributed by atoms with Crippen molar-refractivity contribution in [1.29, 1.82) is 5.26 Å². The summed E-state index contributed by atoms with van der Waals surface area (Å²) >= 11 is 6.11. The number of hydrogen-bond donors (Lipinski definition) is 0. The molecule has 0 unspecified atom stereocenters. The average Bonchev–Trinajstić information content (AvgIpc) is 2.55. The molecule has 1 amide bonds. The molecule has 4 heteroatoms. The van der Waals surface area contributed by atoms with Gasteiger partial charge in [-0.25, -0.2) is 0 Å². The first-order valence-electron chi connectivity index (χ1n) is 7.06. The number of hydrogen-bond acceptors (Lipinski definition) is 2. The van der Waals surface area contributed by atoms with Gasteiger partial charge in [0.15, 0.2) is 0 Å². The van der Waals surface area contributed by atoms with Crippen molar-refractivity contribution in [1.82, 2.24) is 4.90 Å². The maximum absolute atomic E-state index is 12.2. The second-order valence-corrected chi connectivity index (χ2v) is 5.56. The summed E-state index contributed by atoms with van der Waals surface area (Å²) in [6, 6.07) is 16.9. The van der Waals surface area contributed by atoms with Gasteiger partial charge in [0.1, 0.15) is 0 Å². The van der Waals surface area contributed by atoms with E-state index in [-0.39, 0.29) is 5.91 Å². The number of amides is 1. The van der Waals surface area contributed by atoms with Crippen molar-refractivity contribution in [3.8, 4) is 6.07 Å². The van der Waals surface area contributed by atoms with Crippen LogP contribution in [0.2, 0.25) is 5.02 Å². The van der Waals surface area contributed by atoms with Crippen LogP contribution in [0.5, 0.6) is 0 Å². The summed E-state index contributed by atoms with van der Waals surface area (Å²) in [6.07, 6.45) is 1.10. The van der Waals surface area contributed by atoms with Gasteiger partial charge in [0.2, 0.25) is 5.91 Å². The van der Waals surface area contributed by atoms with Crippen molar-refractivity contribution in [2.75, 3.05) is 7.05 Å². The lowest BCUT2D eigenvalue weighted by Crippen LogP contribution is -2.26. The van der Waals surface area contributed by atoms with Crippen molar-refractivity contribution < 1.29 is 4.79 Å². The Bertz CT molecular complexity index is 689. The molecule has 2 rings (SSSR count). The molecule has 22 heavy (non-hydrogen) atoms. The largest absolute Gasteiger partial charge is 0.341 e. The molecule has 0 saturated carbocycles. The minimum Gasteiger partial charge on any atom is -0.341 e. The van der Waals surface area contributed by atoms with Gasteiger partial charge in [-0.1, -0.05) is 41.9 Å². The lowest BCUT2D eigenvalue weighted by atomic mass is 10.1. The fraction of sp³-hybridized carbons (Fsp3) is 0.222. The van der Waals surface area contributed by atoms with Crippen molar-refractivity contribution >= 4 is 17.5 Å². The van der Waals surface area contributed by atoms with Gasteiger partial charge >= 0.3 is 0 Å². The standard InChI is InChI=1S/C18H17ClN2O/c1-21(13-16-4-2-3-5-17(16)19)18(22)11-10-14-6-8-15(12-20)9-7-14/h2-9H,10-11,13H2,1H3. The molecule has 0 spiro atoms. The Hall–Kier alpha value is -2.31. The highest BCUT2D eigenvalue weighted by atomic mass is 35.5. The molecule has 0 aliphatic carbocycles. The van der Waals surface area contributed by atoms with Crippen LogP contribution in [-0.4, -0.2) is 17.9 Å². The predicted octanol–water partition coefficient (Wildman–Crippen LogP) is 3.80. The van der Waals surface area contributed by atoms with Gasteiger partial charge < -0.3 is 4.90 Å². The highest BCUT2D eigenvalue weighted by molar-refractivity contribution is 6.31. The number of nitrogens with zero attached hydrogens (tertiary/aromatic N) is 2. The van der Waals surface area contributed by atoms with Gasteiger partial charge in [-0.3, -0.25) is 4.79 Å². The SMILES string of the molecule is CN(Cc1ccccc1Cl)C(=O)CCc1ccc(C#N)cc1. The Balaban J connectivity index is 1.88. The molecule has 2 aromatic rings. The van der Waals surface area contributed by atoms with Crippen LogP contribution < -0.4 is 0 Å². The fourth-order valence-electron chi connectivity index (χ4n) is 2.16. The predicted molar refractivity (Wildman–Crippen MR) is 87.4 cm³/mol. The molecule has 0 atom stereocenters. The molecule has 0 fully saturated rings. The zero-order chi connectivity index (χ0) is 15.9. The van der Waals surface area contributed by atoms with E-state index in [1.165, 1.54) is 0 Å². The van der Waals surface area contributed by atoms with Gasteiger partial charge in [-0.2, -0.15) is 5.26 Å². The van der Waals surface area contributed by atoms with Crippen molar-refractivity contribution in [2.24, 2.45) is 0 Å². The maximum atomic E-state index is 12.2. The van der Waals surface area contributed by atoms with Crippen LogP contribution in [0.4, 0.5) is 0 Å². The first-order chi connectivity index (χ1) is 10.6. The van der Waals surface area contributed by atoms with Crippen LogP contribution >= 0.6 is 11.6 Å². The van der Waals surface area contributed by atoms with Gasteiger partial charge in [-0.05, 0) is 35.7 Å². The summed E-state index contributed by atoms with van der Waals surface area (Å²) in [7, 11) is 1.78. The van der Waals surface area contributed by atoms with Crippen LogP contribution in [0.25, 0.3) is 0 Å². The summed E-state index contributed by atoms with van der Waals surface area (Å²) in [5.74, 6) is 0.0734. The average molecular weight is 313 g/mol. The third-order valence-electron chi connectivity index (χ3n) is 3.50. The molecular weight excluding hydrogens is 296 g/mol. The topological polar surface area (TPSA) is 44.1 Å². The summed E-state index contributed by atoms with van der Waals surface area (Å²) < 4.78 is 0. The van der Waals surface area contributed by atoms with Crippen LogP contribution in [0.15, 0.2) is 48.5 Å².